The number of rotatable bonds is 9. The van der Waals surface area contributed by atoms with Gasteiger partial charge < -0.3 is 5.32 Å². The van der Waals surface area contributed by atoms with Gasteiger partial charge in [0.05, 0.1) is 16.7 Å². The van der Waals surface area contributed by atoms with Crippen molar-refractivity contribution in [2.75, 3.05) is 6.54 Å². The molecule has 23 heavy (non-hydrogen) atoms. The molecular weight excluding hydrogens is 286 g/mol. The van der Waals surface area contributed by atoms with E-state index in [2.05, 4.69) is 29.1 Å². The quantitative estimate of drug-likeness (QED) is 0.764. The van der Waals surface area contributed by atoms with Gasteiger partial charge in [-0.1, -0.05) is 45.2 Å². The molecule has 0 saturated heterocycles. The van der Waals surface area contributed by atoms with E-state index in [0.717, 1.165) is 29.7 Å². The third-order valence-electron chi connectivity index (χ3n) is 4.24. The Kier molecular flexibility index (Phi) is 6.98. The molecule has 0 bridgehead atoms. The Balaban J connectivity index is 1.78. The van der Waals surface area contributed by atoms with Crippen LogP contribution in [0.25, 0.3) is 11.0 Å². The Morgan fingerprint density at radius 2 is 2.00 bits per heavy atom. The van der Waals surface area contributed by atoms with E-state index in [1.165, 1.54) is 19.3 Å². The average Bonchev–Trinajstić information content (AvgIpc) is 2.60. The molecule has 124 valence electrons. The predicted octanol–water partition coefficient (Wildman–Crippen LogP) is 3.90. The summed E-state index contributed by atoms with van der Waals surface area (Å²) in [7, 11) is 0. The number of unbranched alkanes of at least 4 members (excludes halogenated alkanes) is 1. The Morgan fingerprint density at radius 3 is 2.74 bits per heavy atom. The number of benzene rings is 1. The Morgan fingerprint density at radius 1 is 1.22 bits per heavy atom. The molecule has 0 aliphatic rings. The van der Waals surface area contributed by atoms with Crippen LogP contribution in [0.5, 0.6) is 0 Å². The number of fused-ring (bicyclic) bond motifs is 1. The fourth-order valence-electron chi connectivity index (χ4n) is 2.65. The Bertz CT molecular complexity index is 627. The minimum absolute atomic E-state index is 0.106. The van der Waals surface area contributed by atoms with Crippen LogP contribution in [0.15, 0.2) is 30.5 Å². The number of nitrogens with zero attached hydrogens (tertiary/aromatic N) is 2. The van der Waals surface area contributed by atoms with Crippen molar-refractivity contribution >= 4 is 16.9 Å². The fourth-order valence-corrected chi connectivity index (χ4v) is 2.65. The van der Waals surface area contributed by atoms with Gasteiger partial charge in [0.15, 0.2) is 0 Å². The van der Waals surface area contributed by atoms with E-state index >= 15 is 0 Å². The number of hydrogen-bond donors (Lipinski definition) is 1. The van der Waals surface area contributed by atoms with Gasteiger partial charge >= 0.3 is 0 Å². The summed E-state index contributed by atoms with van der Waals surface area (Å²) in [5.41, 5.74) is 2.65. The van der Waals surface area contributed by atoms with Gasteiger partial charge in [-0.3, -0.25) is 9.78 Å². The van der Waals surface area contributed by atoms with Crippen LogP contribution in [0.1, 0.15) is 51.6 Å². The molecule has 0 aliphatic carbocycles. The van der Waals surface area contributed by atoms with Gasteiger partial charge in [-0.05, 0) is 30.9 Å². The van der Waals surface area contributed by atoms with Gasteiger partial charge in [-0.15, -0.1) is 0 Å². The van der Waals surface area contributed by atoms with E-state index in [1.54, 1.807) is 6.20 Å². The van der Waals surface area contributed by atoms with Crippen molar-refractivity contribution in [1.29, 1.82) is 0 Å². The molecule has 1 heterocycles. The van der Waals surface area contributed by atoms with Gasteiger partial charge in [-0.25, -0.2) is 4.98 Å². The average molecular weight is 313 g/mol. The largest absolute Gasteiger partial charge is 0.356 e. The molecule has 4 heteroatoms. The fraction of sp³-hybridized carbons (Fsp3) is 0.526. The molecular formula is C19H27N3O. The van der Waals surface area contributed by atoms with Crippen molar-refractivity contribution in [3.8, 4) is 0 Å². The monoisotopic (exact) mass is 313 g/mol. The Hall–Kier alpha value is -1.97. The van der Waals surface area contributed by atoms with Crippen LogP contribution in [0.2, 0.25) is 0 Å². The molecule has 2 aromatic rings. The zero-order valence-electron chi connectivity index (χ0n) is 14.2. The minimum Gasteiger partial charge on any atom is -0.356 e. The molecule has 1 aromatic carbocycles. The summed E-state index contributed by atoms with van der Waals surface area (Å²) in [5.74, 6) is 0.703. The van der Waals surface area contributed by atoms with Crippen molar-refractivity contribution < 1.29 is 4.79 Å². The summed E-state index contributed by atoms with van der Waals surface area (Å²) in [6.45, 7) is 5.19. The minimum atomic E-state index is 0.106. The first kappa shape index (κ1) is 17.4. The maximum absolute atomic E-state index is 12.0. The highest BCUT2D eigenvalue weighted by Crippen LogP contribution is 2.12. The first-order chi connectivity index (χ1) is 11.2. The van der Waals surface area contributed by atoms with Crippen LogP contribution < -0.4 is 5.32 Å². The van der Waals surface area contributed by atoms with Crippen LogP contribution in [-0.4, -0.2) is 22.4 Å². The number of aromatic nitrogens is 2. The lowest BCUT2D eigenvalue weighted by atomic mass is 9.99. The van der Waals surface area contributed by atoms with E-state index in [-0.39, 0.29) is 5.91 Å². The van der Waals surface area contributed by atoms with Crippen molar-refractivity contribution in [2.45, 2.75) is 52.4 Å². The second-order valence-corrected chi connectivity index (χ2v) is 6.07. The first-order valence-electron chi connectivity index (χ1n) is 8.70. The van der Waals surface area contributed by atoms with Crippen LogP contribution >= 0.6 is 0 Å². The van der Waals surface area contributed by atoms with E-state index in [1.807, 2.05) is 24.3 Å². The van der Waals surface area contributed by atoms with Crippen molar-refractivity contribution in [3.63, 3.8) is 0 Å². The maximum Gasteiger partial charge on any atom is 0.220 e. The van der Waals surface area contributed by atoms with Crippen molar-refractivity contribution in [1.82, 2.24) is 15.3 Å². The molecule has 1 unspecified atom stereocenters. The second kappa shape index (κ2) is 9.23. The molecule has 4 nitrogen and oxygen atoms in total. The molecule has 1 N–H and O–H groups in total. The van der Waals surface area contributed by atoms with E-state index < -0.39 is 0 Å². The highest BCUT2D eigenvalue weighted by atomic mass is 16.1. The topological polar surface area (TPSA) is 54.9 Å². The van der Waals surface area contributed by atoms with Crippen molar-refractivity contribution in [2.24, 2.45) is 5.92 Å². The second-order valence-electron chi connectivity index (χ2n) is 6.07. The molecule has 0 radical (unpaired) electrons. The summed E-state index contributed by atoms with van der Waals surface area (Å²) in [5, 5.41) is 3.06. The SMILES string of the molecule is CCCCC(CC)CNC(=O)CCc1cnc2ccccc2n1. The predicted molar refractivity (Wildman–Crippen MR) is 94.2 cm³/mol. The standard InChI is InChI=1S/C19H27N3O/c1-3-5-8-15(4-2)13-21-19(23)12-11-16-14-20-17-9-6-7-10-18(17)22-16/h6-7,9-10,14-15H,3-5,8,11-13H2,1-2H3,(H,21,23). The zero-order chi connectivity index (χ0) is 16.5. The normalized spacial score (nSPS) is 12.3. The Labute approximate surface area is 138 Å². The molecule has 1 amide bonds. The summed E-state index contributed by atoms with van der Waals surface area (Å²) in [4.78, 5) is 21.0. The molecule has 0 fully saturated rings. The lowest BCUT2D eigenvalue weighted by Crippen LogP contribution is -2.29. The highest BCUT2D eigenvalue weighted by Gasteiger charge is 2.09. The number of carbonyl (C=O) groups is 1. The molecule has 0 saturated carbocycles. The summed E-state index contributed by atoms with van der Waals surface area (Å²) in [6, 6.07) is 7.80. The number of amides is 1. The molecule has 1 aromatic heterocycles. The van der Waals surface area contributed by atoms with E-state index in [0.29, 0.717) is 18.8 Å². The molecule has 0 aliphatic heterocycles. The van der Waals surface area contributed by atoms with Gasteiger partial charge in [0.25, 0.3) is 0 Å². The number of nitrogens with one attached hydrogen (secondary N) is 1. The number of para-hydroxylation sites is 2. The maximum atomic E-state index is 12.0. The molecule has 0 spiro atoms. The van der Waals surface area contributed by atoms with E-state index in [4.69, 9.17) is 0 Å². The zero-order valence-corrected chi connectivity index (χ0v) is 14.2. The van der Waals surface area contributed by atoms with E-state index in [9.17, 15) is 4.79 Å². The number of hydrogen-bond acceptors (Lipinski definition) is 3. The van der Waals surface area contributed by atoms with Gasteiger partial charge in [-0.2, -0.15) is 0 Å². The number of aryl methyl sites for hydroxylation is 1. The van der Waals surface area contributed by atoms with Gasteiger partial charge in [0, 0.05) is 19.2 Å². The van der Waals surface area contributed by atoms with Crippen LogP contribution in [0, 0.1) is 5.92 Å². The van der Waals surface area contributed by atoms with Crippen LogP contribution in [0.4, 0.5) is 0 Å². The van der Waals surface area contributed by atoms with Gasteiger partial charge in [0.2, 0.25) is 5.91 Å². The summed E-state index contributed by atoms with van der Waals surface area (Å²) >= 11 is 0. The third kappa shape index (κ3) is 5.62. The summed E-state index contributed by atoms with van der Waals surface area (Å²) in [6.07, 6.45) is 7.64. The summed E-state index contributed by atoms with van der Waals surface area (Å²) < 4.78 is 0. The number of carbonyl (C=O) groups excluding carboxylic acids is 1. The lowest BCUT2D eigenvalue weighted by molar-refractivity contribution is -0.121. The van der Waals surface area contributed by atoms with Gasteiger partial charge in [0.1, 0.15) is 0 Å². The van der Waals surface area contributed by atoms with Crippen LogP contribution in [0.3, 0.4) is 0 Å². The lowest BCUT2D eigenvalue weighted by Gasteiger charge is -2.15. The highest BCUT2D eigenvalue weighted by molar-refractivity contribution is 5.76. The van der Waals surface area contributed by atoms with Crippen molar-refractivity contribution in [3.05, 3.63) is 36.2 Å². The molecule has 1 atom stereocenters. The molecule has 2 rings (SSSR count). The first-order valence-corrected chi connectivity index (χ1v) is 8.70. The third-order valence-corrected chi connectivity index (χ3v) is 4.24. The smallest absolute Gasteiger partial charge is 0.220 e. The van der Waals surface area contributed by atoms with Crippen LogP contribution in [-0.2, 0) is 11.2 Å².